The van der Waals surface area contributed by atoms with Crippen LogP contribution < -0.4 is 10.6 Å². The largest absolute Gasteiger partial charge is 0.369 e. The van der Waals surface area contributed by atoms with Crippen molar-refractivity contribution in [3.05, 3.63) is 28.7 Å². The predicted molar refractivity (Wildman–Crippen MR) is 68.5 cm³/mol. The number of alkyl halides is 2. The van der Waals surface area contributed by atoms with Gasteiger partial charge in [0.25, 0.3) is 6.43 Å². The smallest absolute Gasteiger partial charge is 0.258 e. The third-order valence-corrected chi connectivity index (χ3v) is 3.66. The van der Waals surface area contributed by atoms with Gasteiger partial charge in [-0.3, -0.25) is 0 Å². The molecule has 1 unspecified atom stereocenters. The molecule has 1 fully saturated rings. The topological polar surface area (TPSA) is 29.3 Å². The zero-order valence-corrected chi connectivity index (χ0v) is 11.0. The molecule has 1 atom stereocenters. The summed E-state index contributed by atoms with van der Waals surface area (Å²) in [5.74, 6) is 0. The van der Waals surface area contributed by atoms with E-state index in [1.54, 1.807) is 0 Å². The van der Waals surface area contributed by atoms with Gasteiger partial charge in [-0.25, -0.2) is 8.78 Å². The highest BCUT2D eigenvalue weighted by Crippen LogP contribution is 2.29. The molecule has 2 nitrogen and oxygen atoms in total. The summed E-state index contributed by atoms with van der Waals surface area (Å²) in [5.41, 5.74) is 5.33. The fourth-order valence-electron chi connectivity index (χ4n) is 2.18. The Morgan fingerprint density at radius 2 is 2.18 bits per heavy atom. The van der Waals surface area contributed by atoms with E-state index in [1.807, 2.05) is 29.2 Å². The standard InChI is InChI=1S/C12H15BrF2N2/c13-9-3-1-4-10(7-9)17-6-2-5-12(16,8-17)11(14)15/h1,3-4,7,11H,2,5-6,8,16H2. The SMILES string of the molecule is NC1(C(F)F)CCCN(c2cccc(Br)c2)C1. The fourth-order valence-corrected chi connectivity index (χ4v) is 2.57. The van der Waals surface area contributed by atoms with Gasteiger partial charge in [-0.1, -0.05) is 22.0 Å². The van der Waals surface area contributed by atoms with Crippen LogP contribution in [0.15, 0.2) is 28.7 Å². The first-order valence-electron chi connectivity index (χ1n) is 5.59. The average molecular weight is 305 g/mol. The first kappa shape index (κ1) is 12.8. The molecule has 1 aromatic carbocycles. The maximum absolute atomic E-state index is 12.9. The van der Waals surface area contributed by atoms with Crippen LogP contribution in [0.1, 0.15) is 12.8 Å². The summed E-state index contributed by atoms with van der Waals surface area (Å²) in [4.78, 5) is 1.93. The van der Waals surface area contributed by atoms with Crippen molar-refractivity contribution in [3.8, 4) is 0 Å². The summed E-state index contributed by atoms with van der Waals surface area (Å²) < 4.78 is 26.8. The molecule has 2 N–H and O–H groups in total. The van der Waals surface area contributed by atoms with Crippen LogP contribution in [0.3, 0.4) is 0 Å². The van der Waals surface area contributed by atoms with Crippen molar-refractivity contribution in [2.75, 3.05) is 18.0 Å². The molecule has 0 aromatic heterocycles. The van der Waals surface area contributed by atoms with E-state index in [2.05, 4.69) is 15.9 Å². The molecule has 0 spiro atoms. The third kappa shape index (κ3) is 2.77. The molecule has 1 heterocycles. The van der Waals surface area contributed by atoms with Gasteiger partial charge in [-0.2, -0.15) is 0 Å². The molecule has 94 valence electrons. The van der Waals surface area contributed by atoms with E-state index in [9.17, 15) is 8.78 Å². The average Bonchev–Trinajstić information content (AvgIpc) is 2.29. The summed E-state index contributed by atoms with van der Waals surface area (Å²) in [6.45, 7) is 0.989. The number of anilines is 1. The molecule has 2 rings (SSSR count). The maximum Gasteiger partial charge on any atom is 0.258 e. The molecule has 0 bridgehead atoms. The molecule has 17 heavy (non-hydrogen) atoms. The lowest BCUT2D eigenvalue weighted by molar-refractivity contribution is 0.0448. The van der Waals surface area contributed by atoms with Crippen LogP contribution in [-0.2, 0) is 0 Å². The summed E-state index contributed by atoms with van der Waals surface area (Å²) >= 11 is 3.38. The minimum atomic E-state index is -2.47. The molecule has 1 aliphatic heterocycles. The Morgan fingerprint density at radius 3 is 2.82 bits per heavy atom. The number of hydrogen-bond acceptors (Lipinski definition) is 2. The lowest BCUT2D eigenvalue weighted by Crippen LogP contribution is -2.59. The third-order valence-electron chi connectivity index (χ3n) is 3.16. The van der Waals surface area contributed by atoms with E-state index in [4.69, 9.17) is 5.73 Å². The van der Waals surface area contributed by atoms with E-state index in [0.29, 0.717) is 12.8 Å². The molecule has 5 heteroatoms. The van der Waals surface area contributed by atoms with Crippen LogP contribution in [0.25, 0.3) is 0 Å². The highest BCUT2D eigenvalue weighted by Gasteiger charge is 2.39. The summed E-state index contributed by atoms with van der Waals surface area (Å²) in [5, 5.41) is 0. The van der Waals surface area contributed by atoms with Crippen LogP contribution >= 0.6 is 15.9 Å². The zero-order chi connectivity index (χ0) is 12.5. The Hall–Kier alpha value is -0.680. The number of benzene rings is 1. The normalized spacial score (nSPS) is 25.4. The van der Waals surface area contributed by atoms with Crippen LogP contribution in [0.5, 0.6) is 0 Å². The Labute approximate surface area is 108 Å². The number of rotatable bonds is 2. The summed E-state index contributed by atoms with van der Waals surface area (Å²) in [6, 6.07) is 7.66. The molecule has 0 radical (unpaired) electrons. The number of halogens is 3. The highest BCUT2D eigenvalue weighted by atomic mass is 79.9. The fraction of sp³-hybridized carbons (Fsp3) is 0.500. The minimum Gasteiger partial charge on any atom is -0.369 e. The molecule has 1 saturated heterocycles. The van der Waals surface area contributed by atoms with Gasteiger partial charge >= 0.3 is 0 Å². The van der Waals surface area contributed by atoms with E-state index < -0.39 is 12.0 Å². The van der Waals surface area contributed by atoms with Gasteiger partial charge in [0.1, 0.15) is 0 Å². The summed E-state index contributed by atoms with van der Waals surface area (Å²) in [7, 11) is 0. The molecule has 0 aliphatic carbocycles. The van der Waals surface area contributed by atoms with Crippen molar-refractivity contribution < 1.29 is 8.78 Å². The molecule has 1 aliphatic rings. The van der Waals surface area contributed by atoms with Gasteiger partial charge in [0.05, 0.1) is 5.54 Å². The molecular formula is C12H15BrF2N2. The monoisotopic (exact) mass is 304 g/mol. The molecule has 0 saturated carbocycles. The molecule has 1 aromatic rings. The first-order valence-corrected chi connectivity index (χ1v) is 6.38. The van der Waals surface area contributed by atoms with Crippen LogP contribution in [-0.4, -0.2) is 25.1 Å². The van der Waals surface area contributed by atoms with Crippen molar-refractivity contribution in [1.29, 1.82) is 0 Å². The van der Waals surface area contributed by atoms with Gasteiger partial charge in [-0.15, -0.1) is 0 Å². The van der Waals surface area contributed by atoms with Gasteiger partial charge in [-0.05, 0) is 31.0 Å². The van der Waals surface area contributed by atoms with Crippen LogP contribution in [0.4, 0.5) is 14.5 Å². The number of hydrogen-bond donors (Lipinski definition) is 1. The van der Waals surface area contributed by atoms with Crippen molar-refractivity contribution in [3.63, 3.8) is 0 Å². The number of nitrogens with two attached hydrogens (primary N) is 1. The molecule has 0 amide bonds. The highest BCUT2D eigenvalue weighted by molar-refractivity contribution is 9.10. The maximum atomic E-state index is 12.9. The Morgan fingerprint density at radius 1 is 1.41 bits per heavy atom. The Kier molecular flexibility index (Phi) is 3.68. The predicted octanol–water partition coefficient (Wildman–Crippen LogP) is 3.01. The number of nitrogens with zero attached hydrogens (tertiary/aromatic N) is 1. The van der Waals surface area contributed by atoms with Gasteiger partial charge in [0.2, 0.25) is 0 Å². The van der Waals surface area contributed by atoms with Gasteiger partial charge < -0.3 is 10.6 Å². The second kappa shape index (κ2) is 4.90. The van der Waals surface area contributed by atoms with Gasteiger partial charge in [0, 0.05) is 23.2 Å². The zero-order valence-electron chi connectivity index (χ0n) is 9.37. The van der Waals surface area contributed by atoms with E-state index in [-0.39, 0.29) is 6.54 Å². The Balaban J connectivity index is 2.18. The lowest BCUT2D eigenvalue weighted by Gasteiger charge is -2.40. The lowest BCUT2D eigenvalue weighted by atomic mass is 9.90. The van der Waals surface area contributed by atoms with Crippen molar-refractivity contribution >= 4 is 21.6 Å². The van der Waals surface area contributed by atoms with E-state index >= 15 is 0 Å². The second-order valence-electron chi connectivity index (χ2n) is 4.54. The second-order valence-corrected chi connectivity index (χ2v) is 5.45. The van der Waals surface area contributed by atoms with E-state index in [1.165, 1.54) is 0 Å². The first-order chi connectivity index (χ1) is 8.01. The minimum absolute atomic E-state index is 0.209. The van der Waals surface area contributed by atoms with Crippen molar-refractivity contribution in [2.24, 2.45) is 5.73 Å². The molecular weight excluding hydrogens is 290 g/mol. The Bertz CT molecular complexity index is 400. The summed E-state index contributed by atoms with van der Waals surface area (Å²) in [6.07, 6.45) is -1.39. The van der Waals surface area contributed by atoms with E-state index in [0.717, 1.165) is 16.7 Å². The van der Waals surface area contributed by atoms with Crippen LogP contribution in [0.2, 0.25) is 0 Å². The quantitative estimate of drug-likeness (QED) is 0.910. The van der Waals surface area contributed by atoms with Crippen molar-refractivity contribution in [2.45, 2.75) is 24.8 Å². The number of piperidine rings is 1. The van der Waals surface area contributed by atoms with Gasteiger partial charge in [0.15, 0.2) is 0 Å². The van der Waals surface area contributed by atoms with Crippen LogP contribution in [0, 0.1) is 0 Å². The van der Waals surface area contributed by atoms with Crippen molar-refractivity contribution in [1.82, 2.24) is 0 Å².